The predicted octanol–water partition coefficient (Wildman–Crippen LogP) is 3.72. The van der Waals surface area contributed by atoms with Crippen LogP contribution >= 0.6 is 15.9 Å². The van der Waals surface area contributed by atoms with E-state index in [1.807, 2.05) is 18.2 Å². The molecule has 0 saturated carbocycles. The smallest absolute Gasteiger partial charge is 0.227 e. The molecule has 2 aliphatic rings. The Balaban J connectivity index is 1.48. The van der Waals surface area contributed by atoms with Gasteiger partial charge in [-0.15, -0.1) is 0 Å². The lowest BCUT2D eigenvalue weighted by molar-refractivity contribution is -0.127. The number of carbonyl (C=O) groups is 2. The molecule has 2 aliphatic heterocycles. The van der Waals surface area contributed by atoms with Crippen LogP contribution in [0, 0.1) is 17.6 Å². The van der Waals surface area contributed by atoms with Crippen LogP contribution < -0.4 is 15.0 Å². The van der Waals surface area contributed by atoms with Gasteiger partial charge < -0.3 is 15.0 Å². The highest BCUT2D eigenvalue weighted by atomic mass is 79.9. The molecule has 146 valence electrons. The van der Waals surface area contributed by atoms with E-state index in [-0.39, 0.29) is 36.5 Å². The fraction of sp³-hybridized carbons (Fsp3) is 0.300. The molecule has 1 fully saturated rings. The number of ether oxygens (including phenoxy) is 1. The molecular formula is C20H17BrF2N2O3. The van der Waals surface area contributed by atoms with Crippen LogP contribution in [0.4, 0.5) is 14.5 Å². The Labute approximate surface area is 168 Å². The van der Waals surface area contributed by atoms with Crippen molar-refractivity contribution in [3.63, 3.8) is 0 Å². The standard InChI is InChI=1S/C20H17BrF2N2O3/c21-12-1-4-18-14(8-12)16(5-6-28-18)24-20(27)11-7-19(26)25(10-11)17-3-2-13(22)9-15(17)23/h1-4,8-9,11,16H,5-7,10H2,(H,24,27). The number of fused-ring (bicyclic) bond motifs is 1. The van der Waals surface area contributed by atoms with Crippen molar-refractivity contribution in [2.24, 2.45) is 5.92 Å². The Bertz CT molecular complexity index is 953. The van der Waals surface area contributed by atoms with Crippen molar-refractivity contribution in [3.05, 3.63) is 58.1 Å². The van der Waals surface area contributed by atoms with E-state index in [1.54, 1.807) is 0 Å². The highest BCUT2D eigenvalue weighted by Crippen LogP contribution is 2.35. The van der Waals surface area contributed by atoms with Crippen LogP contribution in [0.15, 0.2) is 40.9 Å². The van der Waals surface area contributed by atoms with Gasteiger partial charge in [0.1, 0.15) is 17.4 Å². The molecule has 2 atom stereocenters. The van der Waals surface area contributed by atoms with E-state index in [4.69, 9.17) is 4.74 Å². The SMILES string of the molecule is O=C(NC1CCOc2ccc(Br)cc21)C1CC(=O)N(c2ccc(F)cc2F)C1. The number of amides is 2. The van der Waals surface area contributed by atoms with Gasteiger partial charge in [0, 0.05) is 35.5 Å². The molecule has 2 aromatic rings. The van der Waals surface area contributed by atoms with Gasteiger partial charge in [0.15, 0.2) is 0 Å². The van der Waals surface area contributed by atoms with Gasteiger partial charge in [0.05, 0.1) is 24.3 Å². The number of hydrogen-bond donors (Lipinski definition) is 1. The zero-order valence-corrected chi connectivity index (χ0v) is 16.3. The van der Waals surface area contributed by atoms with Crippen LogP contribution in [0.1, 0.15) is 24.4 Å². The normalized spacial score (nSPS) is 21.2. The van der Waals surface area contributed by atoms with E-state index < -0.39 is 17.6 Å². The van der Waals surface area contributed by atoms with Gasteiger partial charge >= 0.3 is 0 Å². The van der Waals surface area contributed by atoms with Gasteiger partial charge in [-0.1, -0.05) is 15.9 Å². The van der Waals surface area contributed by atoms with E-state index in [9.17, 15) is 18.4 Å². The quantitative estimate of drug-likeness (QED) is 0.774. The Morgan fingerprint density at radius 2 is 2.04 bits per heavy atom. The number of halogens is 3. The summed E-state index contributed by atoms with van der Waals surface area (Å²) in [5.41, 5.74) is 0.863. The van der Waals surface area contributed by atoms with Gasteiger partial charge in [-0.3, -0.25) is 9.59 Å². The molecule has 8 heteroatoms. The molecule has 1 N–H and O–H groups in total. The average Bonchev–Trinajstić information content (AvgIpc) is 3.04. The fourth-order valence-electron chi connectivity index (χ4n) is 3.62. The Hall–Kier alpha value is -2.48. The maximum absolute atomic E-state index is 14.0. The fourth-order valence-corrected chi connectivity index (χ4v) is 4.00. The molecular weight excluding hydrogens is 434 g/mol. The van der Waals surface area contributed by atoms with Gasteiger partial charge in [0.2, 0.25) is 11.8 Å². The predicted molar refractivity (Wildman–Crippen MR) is 102 cm³/mol. The van der Waals surface area contributed by atoms with Crippen molar-refractivity contribution in [1.29, 1.82) is 0 Å². The minimum atomic E-state index is -0.822. The molecule has 5 nitrogen and oxygen atoms in total. The van der Waals surface area contributed by atoms with Gasteiger partial charge in [0.25, 0.3) is 0 Å². The molecule has 0 aromatic heterocycles. The first-order chi connectivity index (χ1) is 13.4. The van der Waals surface area contributed by atoms with Crippen LogP contribution in [0.25, 0.3) is 0 Å². The van der Waals surface area contributed by atoms with E-state index in [1.165, 1.54) is 11.0 Å². The second-order valence-electron chi connectivity index (χ2n) is 6.88. The van der Waals surface area contributed by atoms with Crippen LogP contribution in [0.3, 0.4) is 0 Å². The molecule has 2 unspecified atom stereocenters. The first-order valence-corrected chi connectivity index (χ1v) is 9.69. The van der Waals surface area contributed by atoms with E-state index >= 15 is 0 Å². The second-order valence-corrected chi connectivity index (χ2v) is 7.80. The van der Waals surface area contributed by atoms with Crippen molar-refractivity contribution < 1.29 is 23.1 Å². The third-order valence-corrected chi connectivity index (χ3v) is 5.52. The van der Waals surface area contributed by atoms with Crippen molar-refractivity contribution in [2.45, 2.75) is 18.9 Å². The van der Waals surface area contributed by atoms with Crippen LogP contribution in [0.2, 0.25) is 0 Å². The molecule has 2 aromatic carbocycles. The van der Waals surface area contributed by atoms with Crippen molar-refractivity contribution in [3.8, 4) is 5.75 Å². The molecule has 1 saturated heterocycles. The van der Waals surface area contributed by atoms with E-state index in [2.05, 4.69) is 21.2 Å². The Morgan fingerprint density at radius 3 is 2.82 bits per heavy atom. The molecule has 2 heterocycles. The van der Waals surface area contributed by atoms with Gasteiger partial charge in [-0.2, -0.15) is 0 Å². The number of rotatable bonds is 3. The number of nitrogens with one attached hydrogen (secondary N) is 1. The van der Waals surface area contributed by atoms with Crippen molar-refractivity contribution >= 4 is 33.4 Å². The van der Waals surface area contributed by atoms with E-state index in [0.29, 0.717) is 13.0 Å². The third-order valence-electron chi connectivity index (χ3n) is 5.02. The summed E-state index contributed by atoms with van der Waals surface area (Å²) < 4.78 is 33.7. The van der Waals surface area contributed by atoms with Crippen molar-refractivity contribution in [1.82, 2.24) is 5.32 Å². The molecule has 0 radical (unpaired) electrons. The highest BCUT2D eigenvalue weighted by Gasteiger charge is 2.37. The largest absolute Gasteiger partial charge is 0.493 e. The number of hydrogen-bond acceptors (Lipinski definition) is 3. The monoisotopic (exact) mass is 450 g/mol. The summed E-state index contributed by atoms with van der Waals surface area (Å²) in [5.74, 6) is -2.05. The molecule has 0 spiro atoms. The molecule has 0 bridgehead atoms. The first-order valence-electron chi connectivity index (χ1n) is 8.90. The number of nitrogens with zero attached hydrogens (tertiary/aromatic N) is 1. The summed E-state index contributed by atoms with van der Waals surface area (Å²) in [7, 11) is 0. The number of anilines is 1. The Morgan fingerprint density at radius 1 is 1.21 bits per heavy atom. The van der Waals surface area contributed by atoms with Crippen LogP contribution in [0.5, 0.6) is 5.75 Å². The van der Waals surface area contributed by atoms with Crippen LogP contribution in [-0.2, 0) is 9.59 Å². The molecule has 0 aliphatic carbocycles. The van der Waals surface area contributed by atoms with Crippen molar-refractivity contribution in [2.75, 3.05) is 18.1 Å². The lowest BCUT2D eigenvalue weighted by Gasteiger charge is -2.28. The van der Waals surface area contributed by atoms with E-state index in [0.717, 1.165) is 27.9 Å². The maximum atomic E-state index is 14.0. The van der Waals surface area contributed by atoms with Gasteiger partial charge in [-0.05, 0) is 30.3 Å². The molecule has 28 heavy (non-hydrogen) atoms. The lowest BCUT2D eigenvalue weighted by Crippen LogP contribution is -2.37. The summed E-state index contributed by atoms with van der Waals surface area (Å²) in [6.45, 7) is 0.540. The minimum absolute atomic E-state index is 0.0120. The number of carbonyl (C=O) groups excluding carboxylic acids is 2. The minimum Gasteiger partial charge on any atom is -0.493 e. The zero-order valence-electron chi connectivity index (χ0n) is 14.8. The summed E-state index contributed by atoms with van der Waals surface area (Å²) in [5, 5.41) is 2.99. The summed E-state index contributed by atoms with van der Waals surface area (Å²) >= 11 is 3.42. The second kappa shape index (κ2) is 7.50. The maximum Gasteiger partial charge on any atom is 0.227 e. The molecule has 4 rings (SSSR count). The number of benzene rings is 2. The van der Waals surface area contributed by atoms with Crippen LogP contribution in [-0.4, -0.2) is 25.0 Å². The lowest BCUT2D eigenvalue weighted by atomic mass is 9.99. The Kier molecular flexibility index (Phi) is 5.05. The third kappa shape index (κ3) is 3.61. The first kappa shape index (κ1) is 18.9. The average molecular weight is 451 g/mol. The highest BCUT2D eigenvalue weighted by molar-refractivity contribution is 9.10. The topological polar surface area (TPSA) is 58.6 Å². The summed E-state index contributed by atoms with van der Waals surface area (Å²) in [4.78, 5) is 26.3. The molecule has 2 amide bonds. The summed E-state index contributed by atoms with van der Waals surface area (Å²) in [6.07, 6.45) is 0.601. The zero-order chi connectivity index (χ0) is 19.8. The summed E-state index contributed by atoms with van der Waals surface area (Å²) in [6, 6.07) is 8.43. The van der Waals surface area contributed by atoms with Gasteiger partial charge in [-0.25, -0.2) is 8.78 Å².